The molecule has 18 heavy (non-hydrogen) atoms. The lowest BCUT2D eigenvalue weighted by molar-refractivity contribution is 0.0527. The highest BCUT2D eigenvalue weighted by Crippen LogP contribution is 2.40. The van der Waals surface area contributed by atoms with Gasteiger partial charge in [0.1, 0.15) is 0 Å². The number of carbonyl (C=O) groups is 1. The number of para-hydroxylation sites is 1. The van der Waals surface area contributed by atoms with Gasteiger partial charge < -0.3 is 4.57 Å². The van der Waals surface area contributed by atoms with Crippen LogP contribution in [0.25, 0.3) is 10.9 Å². The molecule has 0 saturated carbocycles. The summed E-state index contributed by atoms with van der Waals surface area (Å²) in [5, 5.41) is 1.18. The highest BCUT2D eigenvalue weighted by atomic mass is 16.1. The molecule has 0 aliphatic carbocycles. The van der Waals surface area contributed by atoms with Crippen molar-refractivity contribution in [3.05, 3.63) is 36.0 Å². The number of benzene rings is 1. The quantitative estimate of drug-likeness (QED) is 0.707. The maximum Gasteiger partial charge on any atom is 0.182 e. The number of fused-ring (bicyclic) bond motifs is 6. The first-order valence-corrected chi connectivity index (χ1v) is 6.60. The van der Waals surface area contributed by atoms with E-state index in [0.717, 1.165) is 25.1 Å². The second-order valence-corrected chi connectivity index (χ2v) is 5.51. The monoisotopic (exact) mass is 240 g/mol. The van der Waals surface area contributed by atoms with Crippen LogP contribution in [0.15, 0.2) is 30.3 Å². The second-order valence-electron chi connectivity index (χ2n) is 5.51. The molecule has 0 spiro atoms. The van der Waals surface area contributed by atoms with Gasteiger partial charge in [-0.15, -0.1) is 0 Å². The Morgan fingerprint density at radius 3 is 3.00 bits per heavy atom. The highest BCUT2D eigenvalue weighted by Gasteiger charge is 2.39. The molecule has 0 unspecified atom stereocenters. The standard InChI is InChI=1S/C15H16N2O/c1-16-7-6-11-9-14(16)17-12-5-3-2-4-10(12)8-13(17)15(11)18/h2-5,8,11,14H,6-7,9H2,1H3/t11-,14-/m1/s1. The molecule has 2 aliphatic heterocycles. The molecule has 1 saturated heterocycles. The fourth-order valence-corrected chi connectivity index (χ4v) is 3.50. The Labute approximate surface area is 106 Å². The predicted octanol–water partition coefficient (Wildman–Crippen LogP) is 2.68. The van der Waals surface area contributed by atoms with Crippen LogP contribution in [0.5, 0.6) is 0 Å². The molecular formula is C15H16N2O. The number of ketones is 1. The van der Waals surface area contributed by atoms with Crippen LogP contribution in [0.2, 0.25) is 0 Å². The van der Waals surface area contributed by atoms with Gasteiger partial charge in [-0.05, 0) is 32.0 Å². The number of aromatic nitrogens is 1. The van der Waals surface area contributed by atoms with E-state index in [9.17, 15) is 4.79 Å². The van der Waals surface area contributed by atoms with E-state index < -0.39 is 0 Å². The molecule has 2 atom stereocenters. The van der Waals surface area contributed by atoms with E-state index in [1.807, 2.05) is 6.07 Å². The first kappa shape index (κ1) is 10.3. The summed E-state index contributed by atoms with van der Waals surface area (Å²) >= 11 is 0. The largest absolute Gasteiger partial charge is 0.322 e. The summed E-state index contributed by atoms with van der Waals surface area (Å²) in [5.74, 6) is 0.582. The lowest BCUT2D eigenvalue weighted by atomic mass is 9.86. The van der Waals surface area contributed by atoms with Crippen molar-refractivity contribution in [2.45, 2.75) is 19.0 Å². The van der Waals surface area contributed by atoms with Crippen LogP contribution in [0.1, 0.15) is 29.5 Å². The Morgan fingerprint density at radius 1 is 1.28 bits per heavy atom. The Balaban J connectivity index is 2.03. The van der Waals surface area contributed by atoms with Crippen LogP contribution in [0, 0.1) is 5.92 Å². The van der Waals surface area contributed by atoms with Gasteiger partial charge >= 0.3 is 0 Å². The Kier molecular flexibility index (Phi) is 1.98. The maximum absolute atomic E-state index is 12.5. The normalized spacial score (nSPS) is 27.5. The minimum absolute atomic E-state index is 0.239. The van der Waals surface area contributed by atoms with E-state index in [4.69, 9.17) is 0 Å². The fourth-order valence-electron chi connectivity index (χ4n) is 3.50. The van der Waals surface area contributed by atoms with Crippen molar-refractivity contribution in [3.63, 3.8) is 0 Å². The maximum atomic E-state index is 12.5. The van der Waals surface area contributed by atoms with Crippen molar-refractivity contribution in [2.24, 2.45) is 5.92 Å². The third kappa shape index (κ3) is 1.20. The van der Waals surface area contributed by atoms with Crippen molar-refractivity contribution in [2.75, 3.05) is 13.6 Å². The number of piperidine rings is 1. The molecule has 2 bridgehead atoms. The number of likely N-dealkylation sites (tertiary alicyclic amines) is 1. The minimum Gasteiger partial charge on any atom is -0.322 e. The average Bonchev–Trinajstić information content (AvgIpc) is 2.78. The summed E-state index contributed by atoms with van der Waals surface area (Å²) in [5.41, 5.74) is 2.10. The summed E-state index contributed by atoms with van der Waals surface area (Å²) < 4.78 is 2.24. The van der Waals surface area contributed by atoms with Gasteiger partial charge in [0.05, 0.1) is 17.4 Å². The Hall–Kier alpha value is -1.61. The SMILES string of the molecule is CN1CC[C@@H]2C[C@H]1n1c(cc3ccccc31)C2=O. The molecule has 3 heteroatoms. The van der Waals surface area contributed by atoms with E-state index in [-0.39, 0.29) is 5.92 Å². The summed E-state index contributed by atoms with van der Waals surface area (Å²) in [6, 6.07) is 10.4. The van der Waals surface area contributed by atoms with Gasteiger partial charge in [-0.25, -0.2) is 0 Å². The smallest absolute Gasteiger partial charge is 0.182 e. The zero-order valence-electron chi connectivity index (χ0n) is 10.5. The van der Waals surface area contributed by atoms with E-state index in [0.29, 0.717) is 11.9 Å². The summed E-state index contributed by atoms with van der Waals surface area (Å²) in [4.78, 5) is 14.8. The number of nitrogens with zero attached hydrogens (tertiary/aromatic N) is 2. The first-order chi connectivity index (χ1) is 8.75. The molecule has 1 fully saturated rings. The number of hydrogen-bond acceptors (Lipinski definition) is 2. The molecule has 0 amide bonds. The summed E-state index contributed by atoms with van der Waals surface area (Å²) in [6.07, 6.45) is 2.34. The van der Waals surface area contributed by atoms with Crippen molar-refractivity contribution >= 4 is 16.7 Å². The van der Waals surface area contributed by atoms with Gasteiger partial charge in [0.25, 0.3) is 0 Å². The number of rotatable bonds is 0. The number of carbonyl (C=O) groups excluding carboxylic acids is 1. The molecule has 2 aliphatic rings. The summed E-state index contributed by atoms with van der Waals surface area (Å²) in [6.45, 7) is 1.02. The molecule has 4 rings (SSSR count). The van der Waals surface area contributed by atoms with Crippen LogP contribution < -0.4 is 0 Å². The molecule has 3 nitrogen and oxygen atoms in total. The van der Waals surface area contributed by atoms with Crippen molar-refractivity contribution < 1.29 is 4.79 Å². The second kappa shape index (κ2) is 3.45. The predicted molar refractivity (Wildman–Crippen MR) is 70.7 cm³/mol. The molecular weight excluding hydrogens is 224 g/mol. The highest BCUT2D eigenvalue weighted by molar-refractivity contribution is 6.02. The molecule has 92 valence electrons. The van der Waals surface area contributed by atoms with E-state index >= 15 is 0 Å². The topological polar surface area (TPSA) is 25.2 Å². The van der Waals surface area contributed by atoms with Crippen LogP contribution >= 0.6 is 0 Å². The molecule has 3 heterocycles. The molecule has 0 N–H and O–H groups in total. The number of hydrogen-bond donors (Lipinski definition) is 0. The lowest BCUT2D eigenvalue weighted by Gasteiger charge is -2.42. The molecule has 2 aromatic rings. The van der Waals surface area contributed by atoms with Crippen molar-refractivity contribution in [3.8, 4) is 0 Å². The van der Waals surface area contributed by atoms with Gasteiger partial charge in [0.2, 0.25) is 0 Å². The van der Waals surface area contributed by atoms with E-state index in [1.54, 1.807) is 0 Å². The van der Waals surface area contributed by atoms with Crippen LogP contribution in [0.3, 0.4) is 0 Å². The van der Waals surface area contributed by atoms with Gasteiger partial charge in [-0.3, -0.25) is 9.69 Å². The molecule has 0 radical (unpaired) electrons. The zero-order chi connectivity index (χ0) is 12.3. The molecule has 1 aromatic carbocycles. The third-order valence-corrected chi connectivity index (χ3v) is 4.50. The van der Waals surface area contributed by atoms with Crippen LogP contribution in [-0.4, -0.2) is 28.8 Å². The minimum atomic E-state index is 0.239. The summed E-state index contributed by atoms with van der Waals surface area (Å²) in [7, 11) is 2.16. The molecule has 1 aromatic heterocycles. The Morgan fingerprint density at radius 2 is 2.11 bits per heavy atom. The average molecular weight is 240 g/mol. The van der Waals surface area contributed by atoms with Gasteiger partial charge in [-0.2, -0.15) is 0 Å². The fraction of sp³-hybridized carbons (Fsp3) is 0.400. The first-order valence-electron chi connectivity index (χ1n) is 6.60. The third-order valence-electron chi connectivity index (χ3n) is 4.50. The van der Waals surface area contributed by atoms with Gasteiger partial charge in [-0.1, -0.05) is 18.2 Å². The van der Waals surface area contributed by atoms with Crippen molar-refractivity contribution in [1.82, 2.24) is 9.47 Å². The zero-order valence-corrected chi connectivity index (χ0v) is 10.5. The van der Waals surface area contributed by atoms with E-state index in [2.05, 4.69) is 40.8 Å². The van der Waals surface area contributed by atoms with E-state index in [1.165, 1.54) is 10.9 Å². The lowest BCUT2D eigenvalue weighted by Crippen LogP contribution is -2.44. The number of Topliss-reactive ketones (excluding diaryl/α,β-unsaturated/α-hetero) is 1. The van der Waals surface area contributed by atoms with Gasteiger partial charge in [0, 0.05) is 17.8 Å². The van der Waals surface area contributed by atoms with Crippen LogP contribution in [0.4, 0.5) is 0 Å². The van der Waals surface area contributed by atoms with Crippen LogP contribution in [-0.2, 0) is 0 Å². The van der Waals surface area contributed by atoms with Gasteiger partial charge in [0.15, 0.2) is 5.78 Å². The Bertz CT molecular complexity index is 643. The van der Waals surface area contributed by atoms with Crippen molar-refractivity contribution in [1.29, 1.82) is 0 Å².